The predicted octanol–water partition coefficient (Wildman–Crippen LogP) is 2.79. The van der Waals surface area contributed by atoms with E-state index in [9.17, 15) is 0 Å². The van der Waals surface area contributed by atoms with Crippen molar-refractivity contribution in [3.05, 3.63) is 47.1 Å². The molecule has 1 aromatic heterocycles. The van der Waals surface area contributed by atoms with Crippen molar-refractivity contribution < 1.29 is 9.30 Å². The van der Waals surface area contributed by atoms with Gasteiger partial charge < -0.3 is 4.74 Å². The Hall–Kier alpha value is -1.35. The first-order valence-electron chi connectivity index (χ1n) is 5.45. The fraction of sp³-hybridized carbons (Fsp3) is 0.308. The van der Waals surface area contributed by atoms with Gasteiger partial charge in [-0.25, -0.2) is 0 Å². The lowest BCUT2D eigenvalue weighted by molar-refractivity contribution is -0.689. The van der Waals surface area contributed by atoms with E-state index in [1.165, 1.54) is 11.3 Å². The lowest BCUT2D eigenvalue weighted by Gasteiger charge is -1.98. The molecular weight excluding hydrogens is 218 g/mol. The van der Waals surface area contributed by atoms with Gasteiger partial charge in [-0.2, -0.15) is 4.57 Å². The topological polar surface area (TPSA) is 13.1 Å². The minimum absolute atomic E-state index is 0.729. The van der Waals surface area contributed by atoms with Crippen molar-refractivity contribution in [2.24, 2.45) is 0 Å². The maximum atomic E-state index is 5.55. The molecule has 0 aliphatic heterocycles. The lowest BCUT2D eigenvalue weighted by atomic mass is 10.2. The van der Waals surface area contributed by atoms with Gasteiger partial charge in [-0.15, -0.1) is 0 Å². The molecule has 3 heteroatoms. The normalized spacial score (nSPS) is 10.4. The van der Waals surface area contributed by atoms with Gasteiger partial charge in [0.15, 0.2) is 6.54 Å². The van der Waals surface area contributed by atoms with Gasteiger partial charge in [0.2, 0.25) is 16.3 Å². The number of benzene rings is 1. The molecule has 0 aliphatic rings. The highest BCUT2D eigenvalue weighted by Gasteiger charge is 2.16. The number of hydrogen-bond acceptors (Lipinski definition) is 2. The monoisotopic (exact) mass is 234 g/mol. The van der Waals surface area contributed by atoms with Gasteiger partial charge in [-0.05, 0) is 18.3 Å². The first kappa shape index (κ1) is 11.1. The van der Waals surface area contributed by atoms with Gasteiger partial charge in [-0.1, -0.05) is 30.3 Å². The third kappa shape index (κ3) is 2.42. The summed E-state index contributed by atoms with van der Waals surface area (Å²) in [4.78, 5) is 0. The van der Waals surface area contributed by atoms with E-state index >= 15 is 0 Å². The Kier molecular flexibility index (Phi) is 3.57. The van der Waals surface area contributed by atoms with Gasteiger partial charge in [0.25, 0.3) is 0 Å². The average Bonchev–Trinajstić information content (AvgIpc) is 2.64. The van der Waals surface area contributed by atoms with Crippen molar-refractivity contribution in [3.63, 3.8) is 0 Å². The summed E-state index contributed by atoms with van der Waals surface area (Å²) in [6.07, 6.45) is 0. The van der Waals surface area contributed by atoms with E-state index in [2.05, 4.69) is 41.3 Å². The van der Waals surface area contributed by atoms with Crippen LogP contribution < -0.4 is 9.30 Å². The Labute approximate surface area is 100 Å². The first-order chi connectivity index (χ1) is 7.81. The zero-order valence-electron chi connectivity index (χ0n) is 9.64. The van der Waals surface area contributed by atoms with Crippen molar-refractivity contribution in [1.82, 2.24) is 0 Å². The molecule has 2 aromatic rings. The minimum atomic E-state index is 0.729. The molecule has 0 fully saturated rings. The van der Waals surface area contributed by atoms with E-state index in [1.54, 1.807) is 11.3 Å². The van der Waals surface area contributed by atoms with E-state index in [4.69, 9.17) is 4.74 Å². The van der Waals surface area contributed by atoms with Crippen LogP contribution in [0.4, 0.5) is 0 Å². The third-order valence-electron chi connectivity index (χ3n) is 2.48. The smallest absolute Gasteiger partial charge is 0.247 e. The van der Waals surface area contributed by atoms with Crippen molar-refractivity contribution in [2.45, 2.75) is 20.4 Å². The zero-order valence-corrected chi connectivity index (χ0v) is 10.5. The summed E-state index contributed by atoms with van der Waals surface area (Å²) in [5.74, 6) is 0. The fourth-order valence-corrected chi connectivity index (χ4v) is 2.53. The maximum absolute atomic E-state index is 5.55. The van der Waals surface area contributed by atoms with Gasteiger partial charge in [-0.3, -0.25) is 0 Å². The summed E-state index contributed by atoms with van der Waals surface area (Å²) in [6.45, 7) is 5.76. The maximum Gasteiger partial charge on any atom is 0.247 e. The van der Waals surface area contributed by atoms with Gasteiger partial charge in [0.1, 0.15) is 0 Å². The largest absolute Gasteiger partial charge is 0.480 e. The summed E-state index contributed by atoms with van der Waals surface area (Å²) in [7, 11) is 0. The summed E-state index contributed by atoms with van der Waals surface area (Å²) in [5.41, 5.74) is 4.64. The Morgan fingerprint density at radius 1 is 1.25 bits per heavy atom. The number of hydrogen-bond donors (Lipinski definition) is 0. The number of thiazole rings is 1. The average molecular weight is 234 g/mol. The van der Waals surface area contributed by atoms with Crippen LogP contribution in [0.25, 0.3) is 0 Å². The van der Waals surface area contributed by atoms with E-state index in [-0.39, 0.29) is 0 Å². The van der Waals surface area contributed by atoms with E-state index in [0.717, 1.165) is 18.2 Å². The molecule has 0 aliphatic carbocycles. The number of nitrogens with zero attached hydrogens (tertiary/aromatic N) is 1. The summed E-state index contributed by atoms with van der Waals surface area (Å²) >= 11 is 1.66. The third-order valence-corrected chi connectivity index (χ3v) is 3.47. The SMILES string of the molecule is CCOc1sc[n+](Cc2ccccc2)c1C. The van der Waals surface area contributed by atoms with Crippen LogP contribution in [-0.4, -0.2) is 6.61 Å². The molecule has 1 heterocycles. The molecule has 84 valence electrons. The highest BCUT2D eigenvalue weighted by molar-refractivity contribution is 7.11. The van der Waals surface area contributed by atoms with E-state index < -0.39 is 0 Å². The van der Waals surface area contributed by atoms with Gasteiger partial charge >= 0.3 is 0 Å². The van der Waals surface area contributed by atoms with Crippen LogP contribution in [0, 0.1) is 6.92 Å². The second-order valence-electron chi connectivity index (χ2n) is 3.64. The molecule has 0 saturated carbocycles. The molecule has 0 amide bonds. The molecule has 0 saturated heterocycles. The van der Waals surface area contributed by atoms with Crippen molar-refractivity contribution in [2.75, 3.05) is 6.61 Å². The lowest BCUT2D eigenvalue weighted by Crippen LogP contribution is -2.34. The number of aromatic nitrogens is 1. The minimum Gasteiger partial charge on any atom is -0.480 e. The molecule has 0 N–H and O–H groups in total. The van der Waals surface area contributed by atoms with Crippen LogP contribution >= 0.6 is 11.3 Å². The van der Waals surface area contributed by atoms with Gasteiger partial charge in [0.05, 0.1) is 6.61 Å². The predicted molar refractivity (Wildman–Crippen MR) is 66.0 cm³/mol. The summed E-state index contributed by atoms with van der Waals surface area (Å²) in [5, 5.41) is 1.03. The molecule has 0 spiro atoms. The fourth-order valence-electron chi connectivity index (χ4n) is 1.60. The Morgan fingerprint density at radius 3 is 2.69 bits per heavy atom. The van der Waals surface area contributed by atoms with Crippen LogP contribution in [0.15, 0.2) is 35.8 Å². The second-order valence-corrected chi connectivity index (χ2v) is 4.46. The molecule has 0 bridgehead atoms. The van der Waals surface area contributed by atoms with Crippen molar-refractivity contribution >= 4 is 11.3 Å². The Bertz CT molecular complexity index is 450. The summed E-state index contributed by atoms with van der Waals surface area (Å²) < 4.78 is 7.78. The molecule has 0 radical (unpaired) electrons. The molecule has 2 nitrogen and oxygen atoms in total. The molecule has 1 aromatic carbocycles. The standard InChI is InChI=1S/C13H16NOS/c1-3-15-13-11(2)14(10-16-13)9-12-7-5-4-6-8-12/h4-8,10H,3,9H2,1-2H3/q+1. The Morgan fingerprint density at radius 2 is 2.00 bits per heavy atom. The molecule has 2 rings (SSSR count). The first-order valence-corrected chi connectivity index (χ1v) is 6.33. The van der Waals surface area contributed by atoms with Crippen LogP contribution in [-0.2, 0) is 6.54 Å². The van der Waals surface area contributed by atoms with Crippen LogP contribution in [0.2, 0.25) is 0 Å². The van der Waals surface area contributed by atoms with Gasteiger partial charge in [0, 0.05) is 12.5 Å². The van der Waals surface area contributed by atoms with E-state index in [1.807, 2.05) is 13.0 Å². The van der Waals surface area contributed by atoms with Crippen molar-refractivity contribution in [3.8, 4) is 5.06 Å². The highest BCUT2D eigenvalue weighted by atomic mass is 32.1. The Balaban J connectivity index is 2.16. The summed E-state index contributed by atoms with van der Waals surface area (Å²) in [6, 6.07) is 10.5. The number of rotatable bonds is 4. The molecular formula is C13H16NOS+. The quantitative estimate of drug-likeness (QED) is 0.741. The van der Waals surface area contributed by atoms with Crippen LogP contribution in [0.1, 0.15) is 18.2 Å². The van der Waals surface area contributed by atoms with Crippen LogP contribution in [0.3, 0.4) is 0 Å². The number of ether oxygens (including phenoxy) is 1. The van der Waals surface area contributed by atoms with Crippen molar-refractivity contribution in [1.29, 1.82) is 0 Å². The highest BCUT2D eigenvalue weighted by Crippen LogP contribution is 2.21. The molecule has 0 unspecified atom stereocenters. The van der Waals surface area contributed by atoms with E-state index in [0.29, 0.717) is 0 Å². The van der Waals surface area contributed by atoms with Crippen LogP contribution in [0.5, 0.6) is 5.06 Å². The molecule has 0 atom stereocenters. The second kappa shape index (κ2) is 5.12. The zero-order chi connectivity index (χ0) is 11.4. The molecule has 16 heavy (non-hydrogen) atoms.